The Balaban J connectivity index is 3.34. The van der Waals surface area contributed by atoms with E-state index in [1.165, 1.54) is 0 Å². The van der Waals surface area contributed by atoms with E-state index in [-0.39, 0.29) is 10.6 Å². The van der Waals surface area contributed by atoms with Gasteiger partial charge in [-0.2, -0.15) is 13.2 Å². The summed E-state index contributed by atoms with van der Waals surface area (Å²) in [6.45, 7) is 0. The highest BCUT2D eigenvalue weighted by Gasteiger charge is 2.34. The van der Waals surface area contributed by atoms with E-state index in [2.05, 4.69) is 0 Å². The van der Waals surface area contributed by atoms with E-state index in [1.54, 1.807) is 0 Å². The topological polar surface area (TPSA) is 0 Å². The average molecular weight is 298 g/mol. The van der Waals surface area contributed by atoms with Crippen LogP contribution in [0.4, 0.5) is 13.2 Å². The van der Waals surface area contributed by atoms with Gasteiger partial charge in [-0.3, -0.25) is 0 Å². The largest absolute Gasteiger partial charge is 0.417 e. The third-order valence-corrected chi connectivity index (χ3v) is 3.02. The fourth-order valence-electron chi connectivity index (χ4n) is 0.952. The van der Waals surface area contributed by atoms with Gasteiger partial charge in [-0.05, 0) is 6.07 Å². The summed E-state index contributed by atoms with van der Waals surface area (Å²) < 4.78 is 37.1. The Morgan fingerprint density at radius 1 is 1.00 bits per heavy atom. The molecular weight excluding hydrogens is 295 g/mol. The van der Waals surface area contributed by atoms with Crippen LogP contribution in [0.15, 0.2) is 12.1 Å². The van der Waals surface area contributed by atoms with E-state index in [0.29, 0.717) is 0 Å². The third-order valence-electron chi connectivity index (χ3n) is 1.65. The Labute approximate surface area is 104 Å². The molecule has 0 saturated heterocycles. The van der Waals surface area contributed by atoms with Gasteiger partial charge in [0.2, 0.25) is 0 Å². The molecule has 0 heterocycles. The Hall–Kier alpha value is 0.170. The smallest absolute Gasteiger partial charge is 0.166 e. The molecule has 1 aromatic carbocycles. The van der Waals surface area contributed by atoms with Gasteiger partial charge < -0.3 is 0 Å². The maximum absolute atomic E-state index is 12.4. The van der Waals surface area contributed by atoms with Gasteiger partial charge >= 0.3 is 6.18 Å². The van der Waals surface area contributed by atoms with Crippen molar-refractivity contribution in [2.24, 2.45) is 0 Å². The number of hydrogen-bond donors (Lipinski definition) is 0. The van der Waals surface area contributed by atoms with Crippen LogP contribution in [0, 0.1) is 0 Å². The third kappa shape index (κ3) is 2.84. The molecule has 0 bridgehead atoms. The molecule has 0 amide bonds. The lowest BCUT2D eigenvalue weighted by Crippen LogP contribution is -2.06. The van der Waals surface area contributed by atoms with Crippen LogP contribution in [0.25, 0.3) is 0 Å². The van der Waals surface area contributed by atoms with E-state index in [9.17, 15) is 13.2 Å². The van der Waals surface area contributed by atoms with Crippen LogP contribution in [0.5, 0.6) is 0 Å². The molecule has 0 nitrogen and oxygen atoms in total. The second-order valence-corrected chi connectivity index (χ2v) is 4.48. The normalized spacial score (nSPS) is 12.3. The molecule has 0 N–H and O–H groups in total. The lowest BCUT2D eigenvalue weighted by atomic mass is 10.1. The zero-order chi connectivity index (χ0) is 11.8. The van der Waals surface area contributed by atoms with Gasteiger partial charge in [0.15, 0.2) is 0 Å². The Bertz CT molecular complexity index is 373. The van der Waals surface area contributed by atoms with Crippen LogP contribution in [0.1, 0.15) is 16.0 Å². The summed E-state index contributed by atoms with van der Waals surface area (Å²) in [5.41, 5.74) is -0.857. The standard InChI is InChI=1S/C8H3Cl4F3/c9-5-3(7(11)12)1-2-4(6(5)10)8(13,14)15/h1-2,7H. The molecule has 0 spiro atoms. The highest BCUT2D eigenvalue weighted by Crippen LogP contribution is 2.42. The van der Waals surface area contributed by atoms with Gasteiger partial charge in [-0.15, -0.1) is 23.2 Å². The van der Waals surface area contributed by atoms with Crippen LogP contribution < -0.4 is 0 Å². The van der Waals surface area contributed by atoms with Crippen molar-refractivity contribution in [3.63, 3.8) is 0 Å². The first kappa shape index (κ1) is 13.2. The van der Waals surface area contributed by atoms with E-state index < -0.39 is 21.6 Å². The maximum Gasteiger partial charge on any atom is 0.417 e. The Morgan fingerprint density at radius 3 is 1.93 bits per heavy atom. The van der Waals surface area contributed by atoms with Crippen molar-refractivity contribution in [3.8, 4) is 0 Å². The SMILES string of the molecule is FC(F)(F)c1ccc(C(Cl)Cl)c(Cl)c1Cl. The molecule has 0 saturated carbocycles. The zero-order valence-corrected chi connectivity index (χ0v) is 9.90. The highest BCUT2D eigenvalue weighted by atomic mass is 35.5. The van der Waals surface area contributed by atoms with Crippen LogP contribution in [0.3, 0.4) is 0 Å². The lowest BCUT2D eigenvalue weighted by molar-refractivity contribution is -0.137. The van der Waals surface area contributed by atoms with Gasteiger partial charge in [-0.1, -0.05) is 29.3 Å². The quantitative estimate of drug-likeness (QED) is 0.601. The van der Waals surface area contributed by atoms with Gasteiger partial charge in [0, 0.05) is 5.56 Å². The van der Waals surface area contributed by atoms with Crippen molar-refractivity contribution in [2.45, 2.75) is 11.0 Å². The summed E-state index contributed by atoms with van der Waals surface area (Å²) in [6.07, 6.45) is -4.55. The van der Waals surface area contributed by atoms with Crippen LogP contribution in [0.2, 0.25) is 10.0 Å². The van der Waals surface area contributed by atoms with Crippen molar-refractivity contribution >= 4 is 46.4 Å². The first-order chi connectivity index (χ1) is 6.75. The summed E-state index contributed by atoms with van der Waals surface area (Å²) in [7, 11) is 0. The minimum absolute atomic E-state index is 0.151. The van der Waals surface area contributed by atoms with E-state index >= 15 is 0 Å². The van der Waals surface area contributed by atoms with Gasteiger partial charge in [0.05, 0.1) is 15.6 Å². The second kappa shape index (κ2) is 4.58. The molecule has 0 aliphatic rings. The minimum Gasteiger partial charge on any atom is -0.166 e. The maximum atomic E-state index is 12.4. The first-order valence-corrected chi connectivity index (χ1v) is 5.21. The van der Waals surface area contributed by atoms with Crippen molar-refractivity contribution in [1.82, 2.24) is 0 Å². The summed E-state index contributed by atoms with van der Waals surface area (Å²) in [6, 6.07) is 1.89. The number of rotatable bonds is 1. The monoisotopic (exact) mass is 296 g/mol. The van der Waals surface area contributed by atoms with Crippen LogP contribution >= 0.6 is 46.4 Å². The number of hydrogen-bond acceptors (Lipinski definition) is 0. The van der Waals surface area contributed by atoms with Gasteiger partial charge in [0.1, 0.15) is 4.84 Å². The van der Waals surface area contributed by atoms with Gasteiger partial charge in [-0.25, -0.2) is 0 Å². The van der Waals surface area contributed by atoms with Crippen molar-refractivity contribution in [3.05, 3.63) is 33.3 Å². The molecule has 0 radical (unpaired) electrons. The molecule has 0 atom stereocenters. The Kier molecular flexibility index (Phi) is 4.04. The van der Waals surface area contributed by atoms with Crippen LogP contribution in [-0.4, -0.2) is 0 Å². The first-order valence-electron chi connectivity index (χ1n) is 3.58. The highest BCUT2D eigenvalue weighted by molar-refractivity contribution is 6.47. The molecule has 7 heteroatoms. The molecule has 0 aromatic heterocycles. The predicted octanol–water partition coefficient (Wildman–Crippen LogP) is 5.49. The molecule has 15 heavy (non-hydrogen) atoms. The molecule has 0 aliphatic carbocycles. The number of alkyl halides is 5. The average Bonchev–Trinajstić information content (AvgIpc) is 2.06. The second-order valence-electron chi connectivity index (χ2n) is 2.63. The molecule has 1 aromatic rings. The van der Waals surface area contributed by atoms with Crippen LogP contribution in [-0.2, 0) is 6.18 Å². The molecule has 0 aliphatic heterocycles. The zero-order valence-electron chi connectivity index (χ0n) is 6.88. The summed E-state index contributed by atoms with van der Waals surface area (Å²) in [4.78, 5) is -1.02. The summed E-state index contributed by atoms with van der Waals surface area (Å²) in [5.74, 6) is 0. The van der Waals surface area contributed by atoms with E-state index in [1.807, 2.05) is 0 Å². The molecular formula is C8H3Cl4F3. The van der Waals surface area contributed by atoms with Crippen molar-refractivity contribution in [2.75, 3.05) is 0 Å². The van der Waals surface area contributed by atoms with Crippen molar-refractivity contribution < 1.29 is 13.2 Å². The van der Waals surface area contributed by atoms with Crippen molar-refractivity contribution in [1.29, 1.82) is 0 Å². The predicted molar refractivity (Wildman–Crippen MR) is 55.9 cm³/mol. The number of benzene rings is 1. The lowest BCUT2D eigenvalue weighted by Gasteiger charge is -2.13. The summed E-state index contributed by atoms with van der Waals surface area (Å²) in [5, 5.41) is -0.866. The molecule has 1 rings (SSSR count). The number of halogens is 7. The fourth-order valence-corrected chi connectivity index (χ4v) is 1.98. The minimum atomic E-state index is -4.55. The van der Waals surface area contributed by atoms with Gasteiger partial charge in [0.25, 0.3) is 0 Å². The molecule has 84 valence electrons. The van der Waals surface area contributed by atoms with E-state index in [0.717, 1.165) is 12.1 Å². The molecule has 0 unspecified atom stereocenters. The summed E-state index contributed by atoms with van der Waals surface area (Å²) >= 11 is 22.0. The van der Waals surface area contributed by atoms with E-state index in [4.69, 9.17) is 46.4 Å². The fraction of sp³-hybridized carbons (Fsp3) is 0.250. The Morgan fingerprint density at radius 2 is 1.53 bits per heavy atom. The molecule has 0 fully saturated rings.